The van der Waals surface area contributed by atoms with Crippen LogP contribution in [0.2, 0.25) is 0 Å². The normalized spacial score (nSPS) is 10.5. The summed E-state index contributed by atoms with van der Waals surface area (Å²) in [5, 5.41) is 0. The molecule has 0 saturated heterocycles. The number of carbonyl (C=O) groups excluding carboxylic acids is 1. The van der Waals surface area contributed by atoms with Crippen molar-refractivity contribution in [3.8, 4) is 28.3 Å². The number of hydrogen-bond acceptors (Lipinski definition) is 7. The molecule has 0 atom stereocenters. The molecule has 1 heterocycles. The van der Waals surface area contributed by atoms with E-state index in [1.807, 2.05) is 19.1 Å². The highest BCUT2D eigenvalue weighted by atomic mass is 16.5. The number of carbonyl (C=O) groups is 1. The van der Waals surface area contributed by atoms with Crippen LogP contribution in [-0.4, -0.2) is 22.5 Å². The lowest BCUT2D eigenvalue weighted by molar-refractivity contribution is 0.100. The lowest BCUT2D eigenvalue weighted by atomic mass is 10.0. The first-order chi connectivity index (χ1) is 13.4. The molecule has 3 rings (SSSR count). The summed E-state index contributed by atoms with van der Waals surface area (Å²) in [6.45, 7) is 2.25. The van der Waals surface area contributed by atoms with E-state index in [4.69, 9.17) is 22.0 Å². The molecule has 1 aromatic heterocycles. The van der Waals surface area contributed by atoms with Crippen LogP contribution in [0.1, 0.15) is 17.3 Å². The van der Waals surface area contributed by atoms with Gasteiger partial charge in [-0.3, -0.25) is 9.59 Å². The quantitative estimate of drug-likeness (QED) is 0.319. The summed E-state index contributed by atoms with van der Waals surface area (Å²) in [7, 11) is 0. The van der Waals surface area contributed by atoms with Crippen molar-refractivity contribution in [2.75, 3.05) is 17.8 Å². The highest BCUT2D eigenvalue weighted by molar-refractivity contribution is 5.94. The van der Waals surface area contributed by atoms with E-state index in [1.54, 1.807) is 30.3 Å². The fraction of sp³-hybridized carbons (Fsp3) is 0.105. The van der Waals surface area contributed by atoms with E-state index >= 15 is 0 Å². The number of nitrogens with two attached hydrogens (primary N) is 3. The van der Waals surface area contributed by atoms with E-state index in [2.05, 4.69) is 15.4 Å². The lowest BCUT2D eigenvalue weighted by Gasteiger charge is -2.13. The average molecular weight is 380 g/mol. The summed E-state index contributed by atoms with van der Waals surface area (Å²) in [5.74, 6) is 5.71. The van der Waals surface area contributed by atoms with Gasteiger partial charge in [-0.2, -0.15) is 0 Å². The van der Waals surface area contributed by atoms with Crippen LogP contribution in [0.3, 0.4) is 0 Å². The third-order valence-electron chi connectivity index (χ3n) is 4.11. The lowest BCUT2D eigenvalue weighted by Crippen LogP contribution is -2.20. The second-order valence-corrected chi connectivity index (χ2v) is 5.91. The number of amides is 1. The number of ether oxygens (including phenoxy) is 1. The molecular weight excluding hydrogens is 360 g/mol. The number of nitrogen functional groups attached to an aromatic ring is 2. The monoisotopic (exact) mass is 380 g/mol. The Balaban J connectivity index is 2.13. The van der Waals surface area contributed by atoms with Gasteiger partial charge in [0.05, 0.1) is 12.2 Å². The van der Waals surface area contributed by atoms with E-state index < -0.39 is 11.5 Å². The zero-order chi connectivity index (χ0) is 20.3. The van der Waals surface area contributed by atoms with E-state index in [0.717, 1.165) is 11.1 Å². The highest BCUT2D eigenvalue weighted by Crippen LogP contribution is 2.33. The van der Waals surface area contributed by atoms with Gasteiger partial charge < -0.3 is 26.6 Å². The summed E-state index contributed by atoms with van der Waals surface area (Å²) >= 11 is 0. The van der Waals surface area contributed by atoms with E-state index in [0.29, 0.717) is 23.5 Å². The zero-order valence-corrected chi connectivity index (χ0v) is 15.2. The summed E-state index contributed by atoms with van der Waals surface area (Å²) in [6.07, 6.45) is 0. The van der Waals surface area contributed by atoms with Crippen LogP contribution >= 0.6 is 0 Å². The predicted molar refractivity (Wildman–Crippen MR) is 108 cm³/mol. The number of hydrazine groups is 1. The molecular formula is C19H20N6O3. The fourth-order valence-corrected chi connectivity index (χ4v) is 2.74. The maximum Gasteiger partial charge on any atom is 0.276 e. The Hall–Kier alpha value is -3.85. The number of nitrogens with one attached hydrogen (secondary N) is 2. The van der Waals surface area contributed by atoms with Crippen LogP contribution in [0.25, 0.3) is 22.5 Å². The summed E-state index contributed by atoms with van der Waals surface area (Å²) in [5.41, 5.74) is 15.3. The molecule has 0 fully saturated rings. The third-order valence-corrected chi connectivity index (χ3v) is 4.11. The Labute approximate surface area is 160 Å². The molecule has 0 bridgehead atoms. The molecule has 0 aliphatic carbocycles. The standard InChI is InChI=1S/C19H20N6O3/c1-2-28-14-9-11(10-4-3-5-12(8-10)16(21)26)6-7-13(14)17-23-18(25-22)15(20)19(27)24-17/h3-9H,2,20,22H2,1H3,(H2,21,26)(H2,23,24,25,27). The maximum absolute atomic E-state index is 12.1. The molecule has 1 amide bonds. The van der Waals surface area contributed by atoms with Crippen LogP contribution < -0.4 is 33.0 Å². The van der Waals surface area contributed by atoms with Gasteiger partial charge in [0.2, 0.25) is 5.91 Å². The Bertz CT molecular complexity index is 1090. The smallest absolute Gasteiger partial charge is 0.276 e. The molecule has 144 valence electrons. The first-order valence-electron chi connectivity index (χ1n) is 8.48. The van der Waals surface area contributed by atoms with E-state index in [1.165, 1.54) is 0 Å². The third kappa shape index (κ3) is 3.64. The topological polar surface area (TPSA) is 162 Å². The zero-order valence-electron chi connectivity index (χ0n) is 15.2. The Morgan fingerprint density at radius 1 is 1.21 bits per heavy atom. The molecule has 3 aromatic rings. The molecule has 0 radical (unpaired) electrons. The van der Waals surface area contributed by atoms with Crippen molar-refractivity contribution in [1.29, 1.82) is 0 Å². The van der Waals surface area contributed by atoms with Crippen molar-refractivity contribution in [2.24, 2.45) is 11.6 Å². The van der Waals surface area contributed by atoms with Crippen molar-refractivity contribution in [3.05, 3.63) is 58.4 Å². The molecule has 0 aliphatic heterocycles. The van der Waals surface area contributed by atoms with Crippen LogP contribution in [-0.2, 0) is 0 Å². The number of nitrogens with zero attached hydrogens (tertiary/aromatic N) is 1. The minimum atomic E-state index is -0.515. The summed E-state index contributed by atoms with van der Waals surface area (Å²) in [6, 6.07) is 12.3. The van der Waals surface area contributed by atoms with Crippen LogP contribution in [0.5, 0.6) is 5.75 Å². The molecule has 0 aliphatic rings. The first-order valence-corrected chi connectivity index (χ1v) is 8.48. The van der Waals surface area contributed by atoms with Crippen molar-refractivity contribution in [3.63, 3.8) is 0 Å². The highest BCUT2D eigenvalue weighted by Gasteiger charge is 2.15. The number of aromatic amines is 1. The van der Waals surface area contributed by atoms with Gasteiger partial charge >= 0.3 is 0 Å². The van der Waals surface area contributed by atoms with Gasteiger partial charge in [-0.25, -0.2) is 10.8 Å². The van der Waals surface area contributed by atoms with Gasteiger partial charge in [-0.1, -0.05) is 18.2 Å². The minimum absolute atomic E-state index is 0.0689. The van der Waals surface area contributed by atoms with Crippen molar-refractivity contribution >= 4 is 17.4 Å². The van der Waals surface area contributed by atoms with Crippen LogP contribution in [0, 0.1) is 0 Å². The number of aromatic nitrogens is 2. The maximum atomic E-state index is 12.1. The molecule has 8 N–H and O–H groups in total. The minimum Gasteiger partial charge on any atom is -0.493 e. The largest absolute Gasteiger partial charge is 0.493 e. The second kappa shape index (κ2) is 7.80. The number of benzene rings is 2. The number of anilines is 2. The molecule has 0 saturated carbocycles. The number of rotatable bonds is 6. The Kier molecular flexibility index (Phi) is 5.28. The predicted octanol–water partition coefficient (Wildman–Crippen LogP) is 1.47. The fourth-order valence-electron chi connectivity index (χ4n) is 2.74. The van der Waals surface area contributed by atoms with Gasteiger partial charge in [0.25, 0.3) is 5.56 Å². The molecule has 0 spiro atoms. The average Bonchev–Trinajstić information content (AvgIpc) is 2.70. The Morgan fingerprint density at radius 2 is 1.96 bits per heavy atom. The first kappa shape index (κ1) is 18.9. The molecule has 9 nitrogen and oxygen atoms in total. The van der Waals surface area contributed by atoms with Gasteiger partial charge in [0.1, 0.15) is 17.3 Å². The summed E-state index contributed by atoms with van der Waals surface area (Å²) < 4.78 is 5.74. The van der Waals surface area contributed by atoms with Gasteiger partial charge in [0, 0.05) is 5.56 Å². The van der Waals surface area contributed by atoms with Gasteiger partial charge in [-0.15, -0.1) is 0 Å². The molecule has 9 heteroatoms. The second-order valence-electron chi connectivity index (χ2n) is 5.91. The van der Waals surface area contributed by atoms with Crippen LogP contribution in [0.15, 0.2) is 47.3 Å². The van der Waals surface area contributed by atoms with Crippen molar-refractivity contribution in [2.45, 2.75) is 6.92 Å². The van der Waals surface area contributed by atoms with E-state index in [9.17, 15) is 9.59 Å². The van der Waals surface area contributed by atoms with E-state index in [-0.39, 0.29) is 17.3 Å². The van der Waals surface area contributed by atoms with Gasteiger partial charge in [0.15, 0.2) is 5.82 Å². The number of hydrogen-bond donors (Lipinski definition) is 5. The number of primary amides is 1. The molecule has 28 heavy (non-hydrogen) atoms. The Morgan fingerprint density at radius 3 is 2.64 bits per heavy atom. The van der Waals surface area contributed by atoms with Crippen molar-refractivity contribution in [1.82, 2.24) is 9.97 Å². The molecule has 0 unspecified atom stereocenters. The summed E-state index contributed by atoms with van der Waals surface area (Å²) in [4.78, 5) is 30.4. The van der Waals surface area contributed by atoms with Crippen molar-refractivity contribution < 1.29 is 9.53 Å². The number of H-pyrrole nitrogens is 1. The van der Waals surface area contributed by atoms with Gasteiger partial charge in [-0.05, 0) is 42.3 Å². The molecule has 2 aromatic carbocycles. The SMILES string of the molecule is CCOc1cc(-c2cccc(C(N)=O)c2)ccc1-c1nc(NN)c(N)c(=O)[nH]1. The van der Waals surface area contributed by atoms with Crippen LogP contribution in [0.4, 0.5) is 11.5 Å².